The fourth-order valence-electron chi connectivity index (χ4n) is 6.84. The van der Waals surface area contributed by atoms with Crippen molar-refractivity contribution >= 4 is 16.9 Å². The van der Waals surface area contributed by atoms with E-state index < -0.39 is 0 Å². The van der Waals surface area contributed by atoms with Gasteiger partial charge in [0.25, 0.3) is 0 Å². The molecule has 0 spiro atoms. The lowest BCUT2D eigenvalue weighted by Gasteiger charge is -2.33. The summed E-state index contributed by atoms with van der Waals surface area (Å²) in [7, 11) is 0. The van der Waals surface area contributed by atoms with E-state index in [-0.39, 0.29) is 11.4 Å². The number of rotatable bonds is 28. The van der Waals surface area contributed by atoms with Crippen molar-refractivity contribution in [1.82, 2.24) is 15.1 Å². The molecule has 5 heteroatoms. The minimum Gasteiger partial charge on any atom is -0.301 e. The lowest BCUT2D eigenvalue weighted by atomic mass is 9.95. The minimum absolute atomic E-state index is 0.0293. The second-order valence-corrected chi connectivity index (χ2v) is 15.0. The molecule has 4 nitrogen and oxygen atoms in total. The zero-order chi connectivity index (χ0) is 31.2. The number of unbranched alkanes of at least 4 members (excludes halogenated alkanes) is 4. The summed E-state index contributed by atoms with van der Waals surface area (Å²) >= 11 is 1.61. The first kappa shape index (κ1) is 39.9. The predicted octanol–water partition coefficient (Wildman–Crippen LogP) is 10.0. The summed E-state index contributed by atoms with van der Waals surface area (Å²) in [6, 6.07) is -0.0293. The van der Waals surface area contributed by atoms with E-state index in [1.807, 2.05) is 0 Å². The molecular weight excluding hydrogens is 534 g/mol. The molecule has 0 aromatic heterocycles. The lowest BCUT2D eigenvalue weighted by Crippen LogP contribution is -2.48. The third-order valence-electron chi connectivity index (χ3n) is 10.0. The van der Waals surface area contributed by atoms with Gasteiger partial charge in [-0.15, -0.1) is 0 Å². The van der Waals surface area contributed by atoms with Crippen molar-refractivity contribution < 1.29 is 4.79 Å². The molecule has 1 rings (SSSR count). The van der Waals surface area contributed by atoms with Crippen LogP contribution in [-0.4, -0.2) is 65.6 Å². The van der Waals surface area contributed by atoms with Gasteiger partial charge in [0.15, 0.2) is 0 Å². The van der Waals surface area contributed by atoms with Crippen LogP contribution in [0.5, 0.6) is 0 Å². The third-order valence-corrected chi connectivity index (χ3v) is 11.1. The number of nitrogens with one attached hydrogen (secondary N) is 1. The van der Waals surface area contributed by atoms with Crippen LogP contribution in [0.3, 0.4) is 0 Å². The van der Waals surface area contributed by atoms with E-state index in [1.165, 1.54) is 116 Å². The average molecular weight is 610 g/mol. The molecule has 6 atom stereocenters. The number of hydrogen-bond acceptors (Lipinski definition) is 5. The summed E-state index contributed by atoms with van der Waals surface area (Å²) in [6.07, 6.45) is 20.8. The van der Waals surface area contributed by atoms with E-state index in [0.29, 0.717) is 5.12 Å². The molecule has 1 N–H and O–H groups in total. The van der Waals surface area contributed by atoms with Gasteiger partial charge in [0.1, 0.15) is 0 Å². The minimum atomic E-state index is -0.0293. The van der Waals surface area contributed by atoms with E-state index in [4.69, 9.17) is 0 Å². The molecule has 1 aliphatic heterocycles. The Morgan fingerprint density at radius 3 is 1.21 bits per heavy atom. The lowest BCUT2D eigenvalue weighted by molar-refractivity contribution is -0.112. The number of carbonyl (C=O) groups excluding carboxylic acids is 1. The molecule has 42 heavy (non-hydrogen) atoms. The van der Waals surface area contributed by atoms with Gasteiger partial charge in [-0.05, 0) is 49.4 Å². The maximum atomic E-state index is 13.5. The summed E-state index contributed by atoms with van der Waals surface area (Å²) < 4.78 is 0. The van der Waals surface area contributed by atoms with Gasteiger partial charge >= 0.3 is 0 Å². The summed E-state index contributed by atoms with van der Waals surface area (Å²) in [5.41, 5.74) is 0. The maximum absolute atomic E-state index is 13.5. The first-order valence-corrected chi connectivity index (χ1v) is 19.7. The first-order chi connectivity index (χ1) is 20.4. The molecule has 0 aromatic rings. The Kier molecular flexibility index (Phi) is 23.9. The highest BCUT2D eigenvalue weighted by Crippen LogP contribution is 2.27. The zero-order valence-corrected chi connectivity index (χ0v) is 30.5. The van der Waals surface area contributed by atoms with Crippen LogP contribution in [0.2, 0.25) is 0 Å². The van der Waals surface area contributed by atoms with Crippen LogP contribution in [0.15, 0.2) is 0 Å². The standard InChI is InChI=1S/C37H75N3OS/c1-9-17-21-31(13-5)25-39(26-32(14-6)22-18-10-2)29-35-37(41)42-36(38-35)30-40(27-33(15-7)23-19-11-3)28-34(16-8)24-20-12-4/h31-36,38H,9-30H2,1-8H3. The molecule has 1 aliphatic rings. The van der Waals surface area contributed by atoms with Crippen LogP contribution in [0.25, 0.3) is 0 Å². The van der Waals surface area contributed by atoms with E-state index >= 15 is 0 Å². The molecule has 0 saturated carbocycles. The van der Waals surface area contributed by atoms with Gasteiger partial charge < -0.3 is 9.80 Å². The summed E-state index contributed by atoms with van der Waals surface area (Å²) in [5, 5.41) is 4.47. The van der Waals surface area contributed by atoms with Crippen molar-refractivity contribution in [2.24, 2.45) is 23.7 Å². The largest absolute Gasteiger partial charge is 0.301 e. The summed E-state index contributed by atoms with van der Waals surface area (Å²) in [5.74, 6) is 3.02. The summed E-state index contributed by atoms with van der Waals surface area (Å²) in [6.45, 7) is 25.3. The molecular formula is C37H75N3OS. The molecule has 0 aliphatic carbocycles. The molecule has 0 radical (unpaired) electrons. The monoisotopic (exact) mass is 610 g/mol. The fraction of sp³-hybridized carbons (Fsp3) is 0.973. The molecule has 1 heterocycles. The molecule has 250 valence electrons. The molecule has 0 amide bonds. The van der Waals surface area contributed by atoms with E-state index in [9.17, 15) is 4.79 Å². The number of carbonyl (C=O) groups is 1. The number of thioether (sulfide) groups is 1. The Morgan fingerprint density at radius 1 is 0.571 bits per heavy atom. The second kappa shape index (κ2) is 25.1. The van der Waals surface area contributed by atoms with Gasteiger partial charge in [0, 0.05) is 39.3 Å². The summed E-state index contributed by atoms with van der Waals surface area (Å²) in [4.78, 5) is 18.9. The first-order valence-electron chi connectivity index (χ1n) is 18.8. The molecule has 0 bridgehead atoms. The van der Waals surface area contributed by atoms with E-state index in [0.717, 1.165) is 49.9 Å². The molecule has 0 aromatic carbocycles. The third kappa shape index (κ3) is 16.8. The van der Waals surface area contributed by atoms with Crippen molar-refractivity contribution in [2.45, 2.75) is 170 Å². The van der Waals surface area contributed by atoms with Gasteiger partial charge in [0.2, 0.25) is 5.12 Å². The Hall–Kier alpha value is -0.100. The average Bonchev–Trinajstić information content (AvgIpc) is 3.34. The Labute approximate surface area is 268 Å². The topological polar surface area (TPSA) is 35.6 Å². The molecule has 6 unspecified atom stereocenters. The Bertz CT molecular complexity index is 611. The van der Waals surface area contributed by atoms with E-state index in [2.05, 4.69) is 70.5 Å². The SMILES string of the molecule is CCCCC(CC)CN(CC(CC)CCCC)CC1NC(CN(CC(CC)CCCC)CC(CC)CCCC)C(=O)S1. The Balaban J connectivity index is 2.97. The van der Waals surface area contributed by atoms with Gasteiger partial charge in [0.05, 0.1) is 11.4 Å². The van der Waals surface area contributed by atoms with Gasteiger partial charge in [-0.3, -0.25) is 10.1 Å². The smallest absolute Gasteiger partial charge is 0.208 e. The highest BCUT2D eigenvalue weighted by atomic mass is 32.2. The van der Waals surface area contributed by atoms with Crippen LogP contribution in [0, 0.1) is 23.7 Å². The van der Waals surface area contributed by atoms with Crippen LogP contribution in [0.1, 0.15) is 158 Å². The fourth-order valence-corrected chi connectivity index (χ4v) is 7.94. The van der Waals surface area contributed by atoms with E-state index in [1.54, 1.807) is 11.8 Å². The zero-order valence-electron chi connectivity index (χ0n) is 29.7. The Morgan fingerprint density at radius 2 is 0.905 bits per heavy atom. The quantitative estimate of drug-likeness (QED) is 0.0955. The van der Waals surface area contributed by atoms with Crippen molar-refractivity contribution in [3.63, 3.8) is 0 Å². The van der Waals surface area contributed by atoms with Crippen molar-refractivity contribution in [3.8, 4) is 0 Å². The van der Waals surface area contributed by atoms with Crippen molar-refractivity contribution in [1.29, 1.82) is 0 Å². The van der Waals surface area contributed by atoms with Gasteiger partial charge in [-0.25, -0.2) is 0 Å². The maximum Gasteiger partial charge on any atom is 0.208 e. The van der Waals surface area contributed by atoms with Gasteiger partial charge in [-0.1, -0.05) is 144 Å². The molecule has 1 saturated heterocycles. The van der Waals surface area contributed by atoms with Crippen LogP contribution >= 0.6 is 11.8 Å². The predicted molar refractivity (Wildman–Crippen MR) is 189 cm³/mol. The van der Waals surface area contributed by atoms with Crippen molar-refractivity contribution in [3.05, 3.63) is 0 Å². The van der Waals surface area contributed by atoms with Crippen LogP contribution in [0.4, 0.5) is 0 Å². The molecule has 1 fully saturated rings. The van der Waals surface area contributed by atoms with Crippen molar-refractivity contribution in [2.75, 3.05) is 39.3 Å². The van der Waals surface area contributed by atoms with Gasteiger partial charge in [-0.2, -0.15) is 0 Å². The van der Waals surface area contributed by atoms with Crippen LogP contribution < -0.4 is 5.32 Å². The normalized spacial score (nSPS) is 20.5. The highest BCUT2D eigenvalue weighted by Gasteiger charge is 2.36. The number of nitrogens with zero attached hydrogens (tertiary/aromatic N) is 2. The number of hydrogen-bond donors (Lipinski definition) is 1. The second-order valence-electron chi connectivity index (χ2n) is 13.7. The van der Waals surface area contributed by atoms with Crippen LogP contribution in [-0.2, 0) is 4.79 Å². The highest BCUT2D eigenvalue weighted by molar-refractivity contribution is 8.14.